The number of piperazine rings is 1. The van der Waals surface area contributed by atoms with Crippen molar-refractivity contribution in [2.75, 3.05) is 53.0 Å². The Hall–Kier alpha value is -1.77. The van der Waals surface area contributed by atoms with Gasteiger partial charge in [-0.05, 0) is 31.0 Å². The van der Waals surface area contributed by atoms with Gasteiger partial charge < -0.3 is 14.4 Å². The SMILES string of the molecule is COc1cccc(C(=O)N2CC3COCCN3C3(C2)CN(C2CCC(F)(F)CC2)C3)c1. The van der Waals surface area contributed by atoms with E-state index in [9.17, 15) is 13.6 Å². The van der Waals surface area contributed by atoms with Gasteiger partial charge in [-0.25, -0.2) is 8.78 Å². The number of benzene rings is 1. The predicted molar refractivity (Wildman–Crippen MR) is 112 cm³/mol. The molecule has 1 aromatic rings. The molecule has 3 aliphatic heterocycles. The third kappa shape index (κ3) is 3.94. The first-order valence-corrected chi connectivity index (χ1v) is 11.3. The Morgan fingerprint density at radius 1 is 1.16 bits per heavy atom. The van der Waals surface area contributed by atoms with E-state index in [4.69, 9.17) is 9.47 Å². The van der Waals surface area contributed by atoms with Crippen LogP contribution in [0.1, 0.15) is 36.0 Å². The Balaban J connectivity index is 1.31. The van der Waals surface area contributed by atoms with Gasteiger partial charge in [-0.15, -0.1) is 0 Å². The normalized spacial score (nSPS) is 28.7. The third-order valence-electron chi connectivity index (χ3n) is 7.55. The van der Waals surface area contributed by atoms with Crippen molar-refractivity contribution < 1.29 is 23.0 Å². The molecule has 8 heteroatoms. The van der Waals surface area contributed by atoms with Gasteiger partial charge in [0.25, 0.3) is 5.91 Å². The summed E-state index contributed by atoms with van der Waals surface area (Å²) in [6.07, 6.45) is 1.09. The van der Waals surface area contributed by atoms with Crippen LogP contribution in [0.4, 0.5) is 8.78 Å². The number of nitrogens with zero attached hydrogens (tertiary/aromatic N) is 3. The van der Waals surface area contributed by atoms with E-state index in [1.165, 1.54) is 0 Å². The summed E-state index contributed by atoms with van der Waals surface area (Å²) in [6.45, 7) is 5.18. The number of carbonyl (C=O) groups is 1. The number of halogens is 2. The Bertz CT molecular complexity index is 820. The molecule has 1 unspecified atom stereocenters. The standard InChI is InChI=1S/C23H31F2N3O3/c1-30-20-4-2-3-17(11-20)21(29)26-12-19-13-31-10-9-28(19)22(14-26)15-27(16-22)18-5-7-23(24,25)8-6-18/h2-4,11,18-19H,5-10,12-16H2,1H3. The number of hydrogen-bond acceptors (Lipinski definition) is 5. The summed E-state index contributed by atoms with van der Waals surface area (Å²) < 4.78 is 38.2. The van der Waals surface area contributed by atoms with Crippen molar-refractivity contribution in [1.29, 1.82) is 0 Å². The van der Waals surface area contributed by atoms with Crippen molar-refractivity contribution in [3.05, 3.63) is 29.8 Å². The Kier molecular flexibility index (Phi) is 5.43. The molecule has 1 spiro atoms. The van der Waals surface area contributed by atoms with Crippen LogP contribution in [0.15, 0.2) is 24.3 Å². The molecule has 4 fully saturated rings. The number of alkyl halides is 2. The molecule has 1 amide bonds. The highest BCUT2D eigenvalue weighted by Crippen LogP contribution is 2.42. The van der Waals surface area contributed by atoms with E-state index in [1.807, 2.05) is 23.1 Å². The number of amides is 1. The predicted octanol–water partition coefficient (Wildman–Crippen LogP) is 2.48. The van der Waals surface area contributed by atoms with Gasteiger partial charge in [0.05, 0.1) is 31.9 Å². The molecule has 1 aliphatic carbocycles. The number of carbonyl (C=O) groups excluding carboxylic acids is 1. The highest BCUT2D eigenvalue weighted by molar-refractivity contribution is 5.94. The first-order chi connectivity index (χ1) is 14.9. The number of rotatable bonds is 3. The van der Waals surface area contributed by atoms with Crippen LogP contribution >= 0.6 is 0 Å². The lowest BCUT2D eigenvalue weighted by atomic mass is 9.79. The average Bonchev–Trinajstić information content (AvgIpc) is 2.76. The Morgan fingerprint density at radius 3 is 2.68 bits per heavy atom. The molecule has 0 aromatic heterocycles. The summed E-state index contributed by atoms with van der Waals surface area (Å²) in [5.74, 6) is -1.82. The molecule has 0 bridgehead atoms. The average molecular weight is 436 g/mol. The molecule has 0 radical (unpaired) electrons. The number of ether oxygens (including phenoxy) is 2. The third-order valence-corrected chi connectivity index (χ3v) is 7.55. The van der Waals surface area contributed by atoms with Crippen LogP contribution in [0, 0.1) is 0 Å². The van der Waals surface area contributed by atoms with Crippen molar-refractivity contribution in [2.45, 2.75) is 49.2 Å². The van der Waals surface area contributed by atoms with Gasteiger partial charge in [-0.2, -0.15) is 0 Å². The smallest absolute Gasteiger partial charge is 0.254 e. The fourth-order valence-corrected chi connectivity index (χ4v) is 5.93. The van der Waals surface area contributed by atoms with Crippen molar-refractivity contribution in [3.63, 3.8) is 0 Å². The summed E-state index contributed by atoms with van der Waals surface area (Å²) in [7, 11) is 1.60. The molecule has 1 atom stereocenters. The van der Waals surface area contributed by atoms with Crippen molar-refractivity contribution in [2.24, 2.45) is 0 Å². The van der Waals surface area contributed by atoms with Crippen LogP contribution in [-0.2, 0) is 4.74 Å². The maximum atomic E-state index is 13.6. The van der Waals surface area contributed by atoms with E-state index >= 15 is 0 Å². The number of morpholine rings is 1. The molecule has 4 aliphatic rings. The minimum atomic E-state index is -2.50. The number of hydrogen-bond donors (Lipinski definition) is 0. The molecule has 1 aromatic carbocycles. The molecule has 170 valence electrons. The summed E-state index contributed by atoms with van der Waals surface area (Å²) in [6, 6.07) is 7.70. The molecule has 5 rings (SSSR count). The first-order valence-electron chi connectivity index (χ1n) is 11.3. The molecule has 31 heavy (non-hydrogen) atoms. The molecule has 0 N–H and O–H groups in total. The van der Waals surface area contributed by atoms with Gasteiger partial charge in [-0.1, -0.05) is 6.07 Å². The van der Waals surface area contributed by atoms with E-state index in [0.717, 1.165) is 19.6 Å². The van der Waals surface area contributed by atoms with Gasteiger partial charge in [0.1, 0.15) is 5.75 Å². The van der Waals surface area contributed by atoms with E-state index in [0.29, 0.717) is 50.5 Å². The highest BCUT2D eigenvalue weighted by atomic mass is 19.3. The van der Waals surface area contributed by atoms with Gasteiger partial charge in [0, 0.05) is 57.2 Å². The second kappa shape index (κ2) is 7.98. The Morgan fingerprint density at radius 2 is 1.94 bits per heavy atom. The van der Waals surface area contributed by atoms with E-state index < -0.39 is 5.92 Å². The van der Waals surface area contributed by atoms with Gasteiger partial charge >= 0.3 is 0 Å². The van der Waals surface area contributed by atoms with E-state index in [-0.39, 0.29) is 36.4 Å². The summed E-state index contributed by atoms with van der Waals surface area (Å²) >= 11 is 0. The van der Waals surface area contributed by atoms with Crippen LogP contribution in [0.2, 0.25) is 0 Å². The maximum absolute atomic E-state index is 13.6. The minimum Gasteiger partial charge on any atom is -0.497 e. The van der Waals surface area contributed by atoms with Gasteiger partial charge in [0.2, 0.25) is 5.92 Å². The molecule has 1 saturated carbocycles. The van der Waals surface area contributed by atoms with E-state index in [1.54, 1.807) is 13.2 Å². The fraction of sp³-hybridized carbons (Fsp3) is 0.696. The second-order valence-electron chi connectivity index (χ2n) is 9.56. The molecular formula is C23H31F2N3O3. The van der Waals surface area contributed by atoms with Crippen molar-refractivity contribution >= 4 is 5.91 Å². The zero-order valence-corrected chi connectivity index (χ0v) is 18.1. The van der Waals surface area contributed by atoms with Crippen molar-refractivity contribution in [1.82, 2.24) is 14.7 Å². The zero-order valence-electron chi connectivity index (χ0n) is 18.1. The topological polar surface area (TPSA) is 45.2 Å². The molecular weight excluding hydrogens is 404 g/mol. The van der Waals surface area contributed by atoms with Crippen LogP contribution in [0.3, 0.4) is 0 Å². The number of likely N-dealkylation sites (tertiary alicyclic amines) is 1. The zero-order chi connectivity index (χ0) is 21.6. The fourth-order valence-electron chi connectivity index (χ4n) is 5.93. The van der Waals surface area contributed by atoms with Crippen LogP contribution in [0.25, 0.3) is 0 Å². The summed E-state index contributed by atoms with van der Waals surface area (Å²) in [5, 5.41) is 0. The lowest BCUT2D eigenvalue weighted by Gasteiger charge is -2.65. The Labute approximate surface area is 182 Å². The number of fused-ring (bicyclic) bond motifs is 2. The molecule has 6 nitrogen and oxygen atoms in total. The lowest BCUT2D eigenvalue weighted by Crippen LogP contribution is -2.81. The van der Waals surface area contributed by atoms with Crippen LogP contribution < -0.4 is 4.74 Å². The summed E-state index contributed by atoms with van der Waals surface area (Å²) in [5.41, 5.74) is 0.520. The molecule has 3 saturated heterocycles. The largest absolute Gasteiger partial charge is 0.497 e. The van der Waals surface area contributed by atoms with Gasteiger partial charge in [-0.3, -0.25) is 14.6 Å². The second-order valence-corrected chi connectivity index (χ2v) is 9.56. The lowest BCUT2D eigenvalue weighted by molar-refractivity contribution is -0.173. The van der Waals surface area contributed by atoms with Gasteiger partial charge in [0.15, 0.2) is 0 Å². The summed E-state index contributed by atoms with van der Waals surface area (Å²) in [4.78, 5) is 20.2. The highest BCUT2D eigenvalue weighted by Gasteiger charge is 2.56. The maximum Gasteiger partial charge on any atom is 0.254 e. The molecule has 3 heterocycles. The van der Waals surface area contributed by atoms with Crippen molar-refractivity contribution in [3.8, 4) is 5.75 Å². The number of methoxy groups -OCH3 is 1. The van der Waals surface area contributed by atoms with Crippen LogP contribution in [0.5, 0.6) is 5.75 Å². The van der Waals surface area contributed by atoms with Crippen LogP contribution in [-0.4, -0.2) is 97.2 Å². The monoisotopic (exact) mass is 435 g/mol. The first kappa shape index (κ1) is 21.1. The van der Waals surface area contributed by atoms with E-state index in [2.05, 4.69) is 9.80 Å². The quantitative estimate of drug-likeness (QED) is 0.730. The minimum absolute atomic E-state index is 0.0121.